The zero-order valence-corrected chi connectivity index (χ0v) is 11.2. The van der Waals surface area contributed by atoms with Gasteiger partial charge in [0, 0.05) is 0 Å². The van der Waals surface area contributed by atoms with E-state index >= 15 is 0 Å². The summed E-state index contributed by atoms with van der Waals surface area (Å²) in [6.45, 7) is 1.60. The van der Waals surface area contributed by atoms with Crippen LogP contribution in [-0.4, -0.2) is 46.7 Å². The van der Waals surface area contributed by atoms with Crippen LogP contribution in [0, 0.1) is 0 Å². The van der Waals surface area contributed by atoms with Gasteiger partial charge in [0.2, 0.25) is 0 Å². The number of hydrogen-bond donors (Lipinski definition) is 3. The monoisotopic (exact) mass is 262 g/mol. The quantitative estimate of drug-likeness (QED) is 0.465. The van der Waals surface area contributed by atoms with Gasteiger partial charge in [0.1, 0.15) is 6.10 Å². The van der Waals surface area contributed by atoms with E-state index in [9.17, 15) is 4.79 Å². The summed E-state index contributed by atoms with van der Waals surface area (Å²) in [4.78, 5) is 10.9. The van der Waals surface area contributed by atoms with Crippen LogP contribution in [0.1, 0.15) is 51.9 Å². The summed E-state index contributed by atoms with van der Waals surface area (Å²) in [7, 11) is 0. The van der Waals surface area contributed by atoms with Crippen molar-refractivity contribution in [2.75, 3.05) is 13.2 Å². The van der Waals surface area contributed by atoms with Crippen LogP contribution in [0.2, 0.25) is 0 Å². The Labute approximate surface area is 109 Å². The molecule has 0 heterocycles. The summed E-state index contributed by atoms with van der Waals surface area (Å²) in [5.41, 5.74) is 0. The molecule has 5 nitrogen and oxygen atoms in total. The van der Waals surface area contributed by atoms with Crippen molar-refractivity contribution in [2.45, 2.75) is 64.1 Å². The predicted octanol–water partition coefficient (Wildman–Crippen LogP) is 1.56. The Morgan fingerprint density at radius 3 is 2.33 bits per heavy atom. The number of unbranched alkanes of at least 4 members (excludes halogenated alkanes) is 5. The van der Waals surface area contributed by atoms with Crippen molar-refractivity contribution in [3.8, 4) is 0 Å². The van der Waals surface area contributed by atoms with Gasteiger partial charge >= 0.3 is 5.97 Å². The Morgan fingerprint density at radius 1 is 1.17 bits per heavy atom. The average Bonchev–Trinajstić information content (AvgIpc) is 2.36. The molecule has 2 atom stereocenters. The maximum Gasteiger partial charge on any atom is 0.332 e. The lowest BCUT2D eigenvalue weighted by molar-refractivity contribution is -0.153. The Hall–Kier alpha value is -0.650. The number of aliphatic carboxylic acids is 1. The number of hydrogen-bond acceptors (Lipinski definition) is 4. The first-order valence-electron chi connectivity index (χ1n) is 6.75. The SMILES string of the molecule is CCCCCCCCC(OCC(O)CO)C(=O)O. The molecule has 0 saturated carbocycles. The summed E-state index contributed by atoms with van der Waals surface area (Å²) in [5.74, 6) is -1.01. The molecule has 0 fully saturated rings. The van der Waals surface area contributed by atoms with Crippen molar-refractivity contribution in [3.63, 3.8) is 0 Å². The van der Waals surface area contributed by atoms with Gasteiger partial charge in [0.05, 0.1) is 13.2 Å². The molecule has 5 heteroatoms. The van der Waals surface area contributed by atoms with Crippen LogP contribution >= 0.6 is 0 Å². The minimum absolute atomic E-state index is 0.136. The predicted molar refractivity (Wildman–Crippen MR) is 68.5 cm³/mol. The summed E-state index contributed by atoms with van der Waals surface area (Å²) in [5, 5.41) is 26.6. The van der Waals surface area contributed by atoms with E-state index in [-0.39, 0.29) is 6.61 Å². The zero-order chi connectivity index (χ0) is 13.8. The third kappa shape index (κ3) is 9.39. The van der Waals surface area contributed by atoms with Crippen LogP contribution in [0.5, 0.6) is 0 Å². The number of carbonyl (C=O) groups is 1. The fourth-order valence-corrected chi connectivity index (χ4v) is 1.67. The Morgan fingerprint density at radius 2 is 1.78 bits per heavy atom. The van der Waals surface area contributed by atoms with Crippen LogP contribution < -0.4 is 0 Å². The van der Waals surface area contributed by atoms with E-state index in [4.69, 9.17) is 20.1 Å². The summed E-state index contributed by atoms with van der Waals surface area (Å²) >= 11 is 0. The van der Waals surface area contributed by atoms with Gasteiger partial charge in [-0.05, 0) is 6.42 Å². The standard InChI is InChI=1S/C13H26O5/c1-2-3-4-5-6-7-8-12(13(16)17)18-10-11(15)9-14/h11-12,14-15H,2-10H2,1H3,(H,16,17). The number of aliphatic hydroxyl groups excluding tert-OH is 2. The molecule has 0 aromatic carbocycles. The van der Waals surface area contributed by atoms with Gasteiger partial charge in [0.15, 0.2) is 6.10 Å². The van der Waals surface area contributed by atoms with E-state index in [0.717, 1.165) is 19.3 Å². The molecule has 108 valence electrons. The molecule has 3 N–H and O–H groups in total. The second kappa shape index (κ2) is 11.4. The van der Waals surface area contributed by atoms with Crippen LogP contribution in [0.4, 0.5) is 0 Å². The van der Waals surface area contributed by atoms with E-state index < -0.39 is 24.8 Å². The van der Waals surface area contributed by atoms with Gasteiger partial charge < -0.3 is 20.1 Å². The van der Waals surface area contributed by atoms with Crippen LogP contribution in [0.25, 0.3) is 0 Å². The molecule has 0 aromatic heterocycles. The highest BCUT2D eigenvalue weighted by atomic mass is 16.5. The van der Waals surface area contributed by atoms with E-state index in [1.807, 2.05) is 0 Å². The topological polar surface area (TPSA) is 87.0 Å². The molecule has 0 aliphatic rings. The van der Waals surface area contributed by atoms with Gasteiger partial charge in [-0.2, -0.15) is 0 Å². The molecule has 0 aliphatic carbocycles. The third-order valence-electron chi connectivity index (χ3n) is 2.80. The molecular weight excluding hydrogens is 236 g/mol. The molecule has 0 aliphatic heterocycles. The molecule has 0 saturated heterocycles. The first kappa shape index (κ1) is 17.4. The molecule has 0 aromatic rings. The Bertz CT molecular complexity index is 208. The van der Waals surface area contributed by atoms with Gasteiger partial charge in [-0.25, -0.2) is 4.79 Å². The molecule has 0 rings (SSSR count). The highest BCUT2D eigenvalue weighted by Gasteiger charge is 2.18. The Kier molecular flexibility index (Phi) is 11.0. The van der Waals surface area contributed by atoms with Crippen LogP contribution in [-0.2, 0) is 9.53 Å². The number of carboxylic acid groups (broad SMARTS) is 1. The van der Waals surface area contributed by atoms with Gasteiger partial charge in [-0.1, -0.05) is 45.4 Å². The fraction of sp³-hybridized carbons (Fsp3) is 0.923. The van der Waals surface area contributed by atoms with E-state index in [0.29, 0.717) is 6.42 Å². The summed E-state index contributed by atoms with van der Waals surface area (Å²) < 4.78 is 5.07. The van der Waals surface area contributed by atoms with Crippen molar-refractivity contribution in [2.24, 2.45) is 0 Å². The number of ether oxygens (including phenoxy) is 1. The lowest BCUT2D eigenvalue weighted by atomic mass is 10.1. The molecule has 2 unspecified atom stereocenters. The number of aliphatic hydroxyl groups is 2. The zero-order valence-electron chi connectivity index (χ0n) is 11.2. The lowest BCUT2D eigenvalue weighted by Crippen LogP contribution is -2.29. The van der Waals surface area contributed by atoms with E-state index in [1.165, 1.54) is 19.3 Å². The normalized spacial score (nSPS) is 14.4. The number of rotatable bonds is 12. The van der Waals surface area contributed by atoms with E-state index in [1.54, 1.807) is 0 Å². The first-order valence-corrected chi connectivity index (χ1v) is 6.75. The van der Waals surface area contributed by atoms with Crippen molar-refractivity contribution >= 4 is 5.97 Å². The summed E-state index contributed by atoms with van der Waals surface area (Å²) in [6.07, 6.45) is 5.14. The van der Waals surface area contributed by atoms with Gasteiger partial charge in [-0.15, -0.1) is 0 Å². The smallest absolute Gasteiger partial charge is 0.332 e. The van der Waals surface area contributed by atoms with Gasteiger partial charge in [-0.3, -0.25) is 0 Å². The molecule has 0 spiro atoms. The molecule has 18 heavy (non-hydrogen) atoms. The van der Waals surface area contributed by atoms with Gasteiger partial charge in [0.25, 0.3) is 0 Å². The second-order valence-electron chi connectivity index (χ2n) is 4.55. The maximum atomic E-state index is 10.9. The second-order valence-corrected chi connectivity index (χ2v) is 4.55. The Balaban J connectivity index is 3.67. The molecule has 0 amide bonds. The summed E-state index contributed by atoms with van der Waals surface area (Å²) in [6, 6.07) is 0. The van der Waals surface area contributed by atoms with Crippen LogP contribution in [0.15, 0.2) is 0 Å². The molecule has 0 radical (unpaired) electrons. The van der Waals surface area contributed by atoms with Crippen LogP contribution in [0.3, 0.4) is 0 Å². The maximum absolute atomic E-state index is 10.9. The highest BCUT2D eigenvalue weighted by Crippen LogP contribution is 2.11. The fourth-order valence-electron chi connectivity index (χ4n) is 1.67. The minimum atomic E-state index is -1.01. The minimum Gasteiger partial charge on any atom is -0.479 e. The number of carboxylic acids is 1. The van der Waals surface area contributed by atoms with Crippen molar-refractivity contribution in [1.29, 1.82) is 0 Å². The van der Waals surface area contributed by atoms with E-state index in [2.05, 4.69) is 6.92 Å². The van der Waals surface area contributed by atoms with Crippen molar-refractivity contribution in [3.05, 3.63) is 0 Å². The lowest BCUT2D eigenvalue weighted by Gasteiger charge is -2.15. The molecule has 0 bridgehead atoms. The average molecular weight is 262 g/mol. The molecular formula is C13H26O5. The largest absolute Gasteiger partial charge is 0.479 e. The third-order valence-corrected chi connectivity index (χ3v) is 2.80. The van der Waals surface area contributed by atoms with Crippen molar-refractivity contribution < 1.29 is 24.9 Å². The highest BCUT2D eigenvalue weighted by molar-refractivity contribution is 5.72. The van der Waals surface area contributed by atoms with Crippen molar-refractivity contribution in [1.82, 2.24) is 0 Å². The first-order chi connectivity index (χ1) is 8.61.